The molecule has 1 aliphatic rings. The van der Waals surface area contributed by atoms with Crippen LogP contribution in [-0.2, 0) is 21.9 Å². The Balaban J connectivity index is 1.45. The number of hydrogen-bond acceptors (Lipinski definition) is 7. The standard InChI is InChI=1S/C30H30N4O3S/c1-20(2)37-25-16-14-24(15-17-25)27-26(28(35)36-18-22-10-6-4-7-11-22)21(3)31-29-32-30(33-34(27)29)38-19-23-12-8-5-9-13-23/h4-17,20,27H,18-19H2,1-3H3,(H,31,32,33). The second-order valence-corrected chi connectivity index (χ2v) is 10.2. The Morgan fingerprint density at radius 3 is 2.29 bits per heavy atom. The van der Waals surface area contributed by atoms with Gasteiger partial charge in [0.25, 0.3) is 0 Å². The number of fused-ring (bicyclic) bond motifs is 1. The lowest BCUT2D eigenvalue weighted by molar-refractivity contribution is -0.140. The molecule has 1 N–H and O–H groups in total. The van der Waals surface area contributed by atoms with E-state index in [2.05, 4.69) is 17.4 Å². The smallest absolute Gasteiger partial charge is 0.338 e. The highest BCUT2D eigenvalue weighted by Gasteiger charge is 2.35. The molecule has 2 heterocycles. The molecule has 3 aromatic carbocycles. The number of anilines is 1. The number of ether oxygens (including phenoxy) is 2. The molecule has 8 heteroatoms. The van der Waals surface area contributed by atoms with E-state index < -0.39 is 12.0 Å². The number of benzene rings is 3. The number of nitrogens with one attached hydrogen (secondary N) is 1. The highest BCUT2D eigenvalue weighted by atomic mass is 32.2. The van der Waals surface area contributed by atoms with Crippen molar-refractivity contribution in [1.29, 1.82) is 0 Å². The van der Waals surface area contributed by atoms with Crippen molar-refractivity contribution in [3.63, 3.8) is 0 Å². The Bertz CT molecular complexity index is 1420. The number of carbonyl (C=O) groups excluding carboxylic acids is 1. The van der Waals surface area contributed by atoms with Crippen molar-refractivity contribution in [1.82, 2.24) is 14.8 Å². The van der Waals surface area contributed by atoms with E-state index in [1.54, 1.807) is 16.4 Å². The quantitative estimate of drug-likeness (QED) is 0.200. The number of hydrogen-bond donors (Lipinski definition) is 1. The van der Waals surface area contributed by atoms with Gasteiger partial charge in [0.15, 0.2) is 0 Å². The van der Waals surface area contributed by atoms with Crippen LogP contribution in [0.5, 0.6) is 5.75 Å². The minimum atomic E-state index is -0.499. The van der Waals surface area contributed by atoms with Crippen molar-refractivity contribution >= 4 is 23.7 Å². The van der Waals surface area contributed by atoms with E-state index in [1.807, 2.05) is 93.6 Å². The van der Waals surface area contributed by atoms with Gasteiger partial charge in [-0.15, -0.1) is 5.10 Å². The molecule has 0 fully saturated rings. The summed E-state index contributed by atoms with van der Waals surface area (Å²) in [6, 6.07) is 27.1. The first kappa shape index (κ1) is 25.6. The zero-order valence-electron chi connectivity index (χ0n) is 21.6. The number of esters is 1. The van der Waals surface area contributed by atoms with Crippen molar-refractivity contribution in [2.24, 2.45) is 0 Å². The van der Waals surface area contributed by atoms with Gasteiger partial charge < -0.3 is 14.8 Å². The molecule has 1 atom stereocenters. The third-order valence-electron chi connectivity index (χ3n) is 6.04. The molecule has 38 heavy (non-hydrogen) atoms. The zero-order valence-corrected chi connectivity index (χ0v) is 22.4. The largest absolute Gasteiger partial charge is 0.491 e. The lowest BCUT2D eigenvalue weighted by Gasteiger charge is -2.28. The van der Waals surface area contributed by atoms with E-state index in [9.17, 15) is 4.79 Å². The average molecular weight is 527 g/mol. The third kappa shape index (κ3) is 5.92. The van der Waals surface area contributed by atoms with Crippen LogP contribution < -0.4 is 10.1 Å². The third-order valence-corrected chi connectivity index (χ3v) is 6.95. The van der Waals surface area contributed by atoms with E-state index in [0.29, 0.717) is 22.4 Å². The predicted molar refractivity (Wildman–Crippen MR) is 149 cm³/mol. The Labute approximate surface area is 226 Å². The Hall–Kier alpha value is -4.04. The maximum atomic E-state index is 13.5. The summed E-state index contributed by atoms with van der Waals surface area (Å²) < 4.78 is 13.4. The van der Waals surface area contributed by atoms with Crippen molar-refractivity contribution in [3.8, 4) is 5.75 Å². The summed E-state index contributed by atoms with van der Waals surface area (Å²) in [5, 5.41) is 8.72. The number of nitrogens with zero attached hydrogens (tertiary/aromatic N) is 3. The molecule has 0 amide bonds. The van der Waals surface area contributed by atoms with Crippen LogP contribution in [0.1, 0.15) is 43.5 Å². The van der Waals surface area contributed by atoms with Crippen molar-refractivity contribution < 1.29 is 14.3 Å². The molecule has 0 saturated carbocycles. The fraction of sp³-hybridized carbons (Fsp3) is 0.233. The van der Waals surface area contributed by atoms with Crippen molar-refractivity contribution in [2.45, 2.75) is 50.4 Å². The number of carbonyl (C=O) groups is 1. The molecule has 5 rings (SSSR count). The van der Waals surface area contributed by atoms with Gasteiger partial charge in [0.1, 0.15) is 18.4 Å². The van der Waals surface area contributed by atoms with Crippen LogP contribution in [0, 0.1) is 0 Å². The maximum absolute atomic E-state index is 13.5. The molecule has 1 aromatic heterocycles. The van der Waals surface area contributed by atoms with Gasteiger partial charge in [-0.05, 0) is 49.6 Å². The van der Waals surface area contributed by atoms with Gasteiger partial charge in [0, 0.05) is 11.4 Å². The van der Waals surface area contributed by atoms with Gasteiger partial charge in [-0.1, -0.05) is 84.6 Å². The fourth-order valence-corrected chi connectivity index (χ4v) is 5.07. The lowest BCUT2D eigenvalue weighted by Crippen LogP contribution is -2.29. The predicted octanol–water partition coefficient (Wildman–Crippen LogP) is 6.39. The van der Waals surface area contributed by atoms with Crippen LogP contribution in [-0.4, -0.2) is 26.8 Å². The minimum absolute atomic E-state index is 0.0662. The number of aromatic nitrogens is 3. The molecule has 194 valence electrons. The molecule has 7 nitrogen and oxygen atoms in total. The van der Waals surface area contributed by atoms with E-state index in [-0.39, 0.29) is 12.7 Å². The molecule has 4 aromatic rings. The monoisotopic (exact) mass is 526 g/mol. The summed E-state index contributed by atoms with van der Waals surface area (Å²) >= 11 is 1.55. The first-order valence-electron chi connectivity index (χ1n) is 12.6. The second kappa shape index (κ2) is 11.6. The molecule has 1 aliphatic heterocycles. The molecule has 0 aliphatic carbocycles. The van der Waals surface area contributed by atoms with E-state index >= 15 is 0 Å². The van der Waals surface area contributed by atoms with Gasteiger partial charge >= 0.3 is 5.97 Å². The van der Waals surface area contributed by atoms with Crippen LogP contribution in [0.3, 0.4) is 0 Å². The Kier molecular flexibility index (Phi) is 7.79. The molecule has 0 bridgehead atoms. The summed E-state index contributed by atoms with van der Waals surface area (Å²) in [5.41, 5.74) is 4.19. The highest BCUT2D eigenvalue weighted by molar-refractivity contribution is 7.98. The highest BCUT2D eigenvalue weighted by Crippen LogP contribution is 2.37. The van der Waals surface area contributed by atoms with Gasteiger partial charge in [-0.3, -0.25) is 0 Å². The van der Waals surface area contributed by atoms with Gasteiger partial charge in [-0.25, -0.2) is 9.48 Å². The normalized spacial score (nSPS) is 14.7. The number of rotatable bonds is 9. The molecular formula is C30H30N4O3S. The maximum Gasteiger partial charge on any atom is 0.338 e. The SMILES string of the molecule is CC1=C(C(=O)OCc2ccccc2)C(c2ccc(OC(C)C)cc2)n2nc(SCc3ccccc3)nc2N1. The first-order chi connectivity index (χ1) is 18.5. The average Bonchev–Trinajstić information content (AvgIpc) is 3.33. The summed E-state index contributed by atoms with van der Waals surface area (Å²) in [6.45, 7) is 6.04. The fourth-order valence-electron chi connectivity index (χ4n) is 4.29. The summed E-state index contributed by atoms with van der Waals surface area (Å²) in [4.78, 5) is 18.2. The minimum Gasteiger partial charge on any atom is -0.491 e. The number of thioether (sulfide) groups is 1. The van der Waals surface area contributed by atoms with Crippen LogP contribution in [0.15, 0.2) is 101 Å². The first-order valence-corrected chi connectivity index (χ1v) is 13.5. The van der Waals surface area contributed by atoms with Gasteiger partial charge in [0.05, 0.1) is 11.7 Å². The van der Waals surface area contributed by atoms with Crippen molar-refractivity contribution in [3.05, 3.63) is 113 Å². The van der Waals surface area contributed by atoms with Crippen LogP contribution in [0.25, 0.3) is 0 Å². The van der Waals surface area contributed by atoms with Gasteiger partial charge in [-0.2, -0.15) is 4.98 Å². The Morgan fingerprint density at radius 2 is 1.63 bits per heavy atom. The number of allylic oxidation sites excluding steroid dienone is 1. The van der Waals surface area contributed by atoms with Gasteiger partial charge in [0.2, 0.25) is 11.1 Å². The molecule has 1 unspecified atom stereocenters. The van der Waals surface area contributed by atoms with Crippen LogP contribution >= 0.6 is 11.8 Å². The van der Waals surface area contributed by atoms with Crippen LogP contribution in [0.4, 0.5) is 5.95 Å². The molecule has 0 spiro atoms. The second-order valence-electron chi connectivity index (χ2n) is 9.30. The van der Waals surface area contributed by atoms with E-state index in [1.165, 1.54) is 5.56 Å². The van der Waals surface area contributed by atoms with Crippen molar-refractivity contribution in [2.75, 3.05) is 5.32 Å². The lowest BCUT2D eigenvalue weighted by atomic mass is 9.95. The molecule has 0 radical (unpaired) electrons. The Morgan fingerprint density at radius 1 is 0.974 bits per heavy atom. The zero-order chi connectivity index (χ0) is 26.5. The van der Waals surface area contributed by atoms with E-state index in [0.717, 1.165) is 22.6 Å². The summed E-state index contributed by atoms with van der Waals surface area (Å²) in [6.07, 6.45) is 0.0662. The topological polar surface area (TPSA) is 78.3 Å². The molecular weight excluding hydrogens is 496 g/mol. The van der Waals surface area contributed by atoms with E-state index in [4.69, 9.17) is 19.6 Å². The molecule has 0 saturated heterocycles. The summed E-state index contributed by atoms with van der Waals surface area (Å²) in [7, 11) is 0. The van der Waals surface area contributed by atoms with Crippen LogP contribution in [0.2, 0.25) is 0 Å². The summed E-state index contributed by atoms with van der Waals surface area (Å²) in [5.74, 6) is 1.70.